The zero-order valence-electron chi connectivity index (χ0n) is 15.0. The Bertz CT molecular complexity index is 726. The monoisotopic (exact) mass is 361 g/mol. The number of hydrogen-bond donors (Lipinski definition) is 1. The molecule has 2 aliphatic heterocycles. The first-order valence-corrected chi connectivity index (χ1v) is 8.66. The molecule has 0 atom stereocenters. The van der Waals surface area contributed by atoms with Gasteiger partial charge in [0.2, 0.25) is 11.8 Å². The highest BCUT2D eigenvalue weighted by atomic mass is 16.6. The number of Topliss-reactive ketones (excluding diaryl/α,β-unsaturated/α-hetero) is 1. The molecule has 0 aromatic heterocycles. The number of carbonyl (C=O) groups excluding carboxylic acids is 3. The zero-order chi connectivity index (χ0) is 18.7. The van der Waals surface area contributed by atoms with Crippen LogP contribution in [0.4, 0.5) is 5.69 Å². The predicted octanol–water partition coefficient (Wildman–Crippen LogP) is 0.763. The Balaban J connectivity index is 1.65. The normalized spacial score (nSPS) is 16.9. The number of ketones is 1. The second-order valence-electron chi connectivity index (χ2n) is 6.43. The number of benzene rings is 1. The average molecular weight is 361 g/mol. The highest BCUT2D eigenvalue weighted by molar-refractivity contribution is 6.05. The number of carbonyl (C=O) groups is 3. The summed E-state index contributed by atoms with van der Waals surface area (Å²) in [4.78, 5) is 39.5. The summed E-state index contributed by atoms with van der Waals surface area (Å²) in [6.07, 6.45) is 0. The first-order valence-electron chi connectivity index (χ1n) is 8.66. The molecule has 3 rings (SSSR count). The summed E-state index contributed by atoms with van der Waals surface area (Å²) in [6.45, 7) is 6.59. The number of nitrogens with one attached hydrogen (secondary N) is 1. The number of hydrogen-bond acceptors (Lipinski definition) is 6. The van der Waals surface area contributed by atoms with E-state index in [1.165, 1.54) is 6.92 Å². The lowest BCUT2D eigenvalue weighted by Gasteiger charge is -2.33. The molecule has 0 unspecified atom stereocenters. The number of rotatable bonds is 4. The van der Waals surface area contributed by atoms with Crippen molar-refractivity contribution in [3.8, 4) is 11.5 Å². The van der Waals surface area contributed by atoms with Gasteiger partial charge in [-0.05, 0) is 13.0 Å². The Hall–Kier alpha value is -2.61. The fourth-order valence-corrected chi connectivity index (χ4v) is 3.10. The van der Waals surface area contributed by atoms with Gasteiger partial charge in [0.15, 0.2) is 17.3 Å². The first kappa shape index (κ1) is 18.2. The molecule has 2 amide bonds. The van der Waals surface area contributed by atoms with Crippen molar-refractivity contribution in [1.82, 2.24) is 9.80 Å². The van der Waals surface area contributed by atoms with Crippen LogP contribution >= 0.6 is 0 Å². The van der Waals surface area contributed by atoms with Crippen molar-refractivity contribution in [3.63, 3.8) is 0 Å². The second-order valence-corrected chi connectivity index (χ2v) is 6.43. The molecule has 8 nitrogen and oxygen atoms in total. The smallest absolute Gasteiger partial charge is 0.238 e. The van der Waals surface area contributed by atoms with Crippen LogP contribution in [0.1, 0.15) is 24.2 Å². The lowest BCUT2D eigenvalue weighted by atomic mass is 10.1. The van der Waals surface area contributed by atoms with Crippen molar-refractivity contribution in [1.29, 1.82) is 0 Å². The average Bonchev–Trinajstić information content (AvgIpc) is 2.61. The fraction of sp³-hybridized carbons (Fsp3) is 0.500. The molecule has 1 aromatic rings. The summed E-state index contributed by atoms with van der Waals surface area (Å²) in [5.41, 5.74) is 0.818. The van der Waals surface area contributed by atoms with Crippen LogP contribution in [0.3, 0.4) is 0 Å². The van der Waals surface area contributed by atoms with Crippen LogP contribution < -0.4 is 14.8 Å². The third-order valence-corrected chi connectivity index (χ3v) is 4.52. The summed E-state index contributed by atoms with van der Waals surface area (Å²) in [6, 6.07) is 3.24. The molecular formula is C18H23N3O5. The number of fused-ring (bicyclic) bond motifs is 1. The molecule has 140 valence electrons. The molecule has 0 bridgehead atoms. The van der Waals surface area contributed by atoms with Gasteiger partial charge in [-0.1, -0.05) is 0 Å². The summed E-state index contributed by atoms with van der Waals surface area (Å²) >= 11 is 0. The maximum Gasteiger partial charge on any atom is 0.238 e. The van der Waals surface area contributed by atoms with Crippen LogP contribution in [0.5, 0.6) is 11.5 Å². The van der Waals surface area contributed by atoms with E-state index < -0.39 is 0 Å². The van der Waals surface area contributed by atoms with Gasteiger partial charge in [-0.2, -0.15) is 0 Å². The minimum Gasteiger partial charge on any atom is -0.486 e. The van der Waals surface area contributed by atoms with Gasteiger partial charge in [-0.3, -0.25) is 19.3 Å². The largest absolute Gasteiger partial charge is 0.486 e. The van der Waals surface area contributed by atoms with E-state index in [1.807, 2.05) is 4.90 Å². The van der Waals surface area contributed by atoms with Crippen molar-refractivity contribution < 1.29 is 23.9 Å². The van der Waals surface area contributed by atoms with Gasteiger partial charge in [0, 0.05) is 44.7 Å². The molecule has 26 heavy (non-hydrogen) atoms. The van der Waals surface area contributed by atoms with Gasteiger partial charge in [0.25, 0.3) is 0 Å². The molecule has 8 heteroatoms. The van der Waals surface area contributed by atoms with E-state index in [4.69, 9.17) is 9.47 Å². The standard InChI is InChI=1S/C18H23N3O5/c1-12(22)14-9-16-17(26-8-7-25-16)10-15(14)19-18(24)11-20-3-5-21(6-4-20)13(2)23/h9-10H,3-8,11H2,1-2H3,(H,19,24). The van der Waals surface area contributed by atoms with Crippen LogP contribution in [-0.4, -0.2) is 73.3 Å². The van der Waals surface area contributed by atoms with E-state index >= 15 is 0 Å². The van der Waals surface area contributed by atoms with Crippen molar-refractivity contribution in [2.24, 2.45) is 0 Å². The molecule has 2 heterocycles. The Morgan fingerprint density at radius 3 is 2.19 bits per heavy atom. The maximum absolute atomic E-state index is 12.4. The number of amides is 2. The highest BCUT2D eigenvalue weighted by Gasteiger charge is 2.22. The molecular weight excluding hydrogens is 338 g/mol. The van der Waals surface area contributed by atoms with Gasteiger partial charge < -0.3 is 19.7 Å². The van der Waals surface area contributed by atoms with Gasteiger partial charge in [-0.15, -0.1) is 0 Å². The number of nitrogens with zero attached hydrogens (tertiary/aromatic N) is 2. The molecule has 0 spiro atoms. The summed E-state index contributed by atoms with van der Waals surface area (Å²) < 4.78 is 11.0. The third kappa shape index (κ3) is 4.13. The highest BCUT2D eigenvalue weighted by Crippen LogP contribution is 2.35. The molecule has 1 aromatic carbocycles. The molecule has 0 saturated carbocycles. The molecule has 0 radical (unpaired) electrons. The summed E-state index contributed by atoms with van der Waals surface area (Å²) in [5, 5.41) is 2.81. The first-order chi connectivity index (χ1) is 12.4. The van der Waals surface area contributed by atoms with Crippen molar-refractivity contribution >= 4 is 23.3 Å². The summed E-state index contributed by atoms with van der Waals surface area (Å²) in [7, 11) is 0. The minimum absolute atomic E-state index is 0.0523. The molecule has 0 aliphatic carbocycles. The predicted molar refractivity (Wildman–Crippen MR) is 94.8 cm³/mol. The Kier molecular flexibility index (Phi) is 5.41. The number of anilines is 1. The fourth-order valence-electron chi connectivity index (χ4n) is 3.10. The van der Waals surface area contributed by atoms with Crippen molar-refractivity contribution in [2.45, 2.75) is 13.8 Å². The van der Waals surface area contributed by atoms with Crippen molar-refractivity contribution in [2.75, 3.05) is 51.3 Å². The lowest BCUT2D eigenvalue weighted by molar-refractivity contribution is -0.130. The Labute approximate surface area is 152 Å². The molecule has 1 N–H and O–H groups in total. The topological polar surface area (TPSA) is 88.2 Å². The molecule has 1 saturated heterocycles. The van der Waals surface area contributed by atoms with E-state index in [1.54, 1.807) is 24.0 Å². The lowest BCUT2D eigenvalue weighted by Crippen LogP contribution is -2.49. The van der Waals surface area contributed by atoms with E-state index in [0.717, 1.165) is 0 Å². The van der Waals surface area contributed by atoms with Crippen LogP contribution in [0, 0.1) is 0 Å². The van der Waals surface area contributed by atoms with Gasteiger partial charge in [0.1, 0.15) is 13.2 Å². The molecule has 2 aliphatic rings. The number of piperazine rings is 1. The van der Waals surface area contributed by atoms with E-state index in [9.17, 15) is 14.4 Å². The Morgan fingerprint density at radius 2 is 1.62 bits per heavy atom. The van der Waals surface area contributed by atoms with E-state index in [2.05, 4.69) is 5.32 Å². The SMILES string of the molecule is CC(=O)c1cc2c(cc1NC(=O)CN1CCN(C(C)=O)CC1)OCCO2. The van der Waals surface area contributed by atoms with Crippen LogP contribution in [0.25, 0.3) is 0 Å². The third-order valence-electron chi connectivity index (χ3n) is 4.52. The van der Waals surface area contributed by atoms with E-state index in [0.29, 0.717) is 62.1 Å². The van der Waals surface area contributed by atoms with Gasteiger partial charge in [0.05, 0.1) is 12.2 Å². The van der Waals surface area contributed by atoms with E-state index in [-0.39, 0.29) is 24.1 Å². The van der Waals surface area contributed by atoms with Crippen LogP contribution in [0.15, 0.2) is 12.1 Å². The van der Waals surface area contributed by atoms with Crippen LogP contribution in [-0.2, 0) is 9.59 Å². The maximum atomic E-state index is 12.4. The summed E-state index contributed by atoms with van der Waals surface area (Å²) in [5.74, 6) is 0.718. The Morgan fingerprint density at radius 1 is 1.00 bits per heavy atom. The quantitative estimate of drug-likeness (QED) is 0.797. The minimum atomic E-state index is -0.208. The molecule has 1 fully saturated rings. The second kappa shape index (κ2) is 7.74. The zero-order valence-corrected chi connectivity index (χ0v) is 15.0. The van der Waals surface area contributed by atoms with Gasteiger partial charge >= 0.3 is 0 Å². The van der Waals surface area contributed by atoms with Gasteiger partial charge in [-0.25, -0.2) is 0 Å². The van der Waals surface area contributed by atoms with Crippen molar-refractivity contribution in [3.05, 3.63) is 17.7 Å². The van der Waals surface area contributed by atoms with Crippen LogP contribution in [0.2, 0.25) is 0 Å². The number of ether oxygens (including phenoxy) is 2.